The normalized spacial score (nSPS) is 12.8. The summed E-state index contributed by atoms with van der Waals surface area (Å²) in [6.45, 7) is 0. The Bertz CT molecular complexity index is 3200. The molecule has 0 fully saturated rings. The van der Waals surface area contributed by atoms with Crippen LogP contribution >= 0.6 is 22.7 Å². The van der Waals surface area contributed by atoms with Crippen molar-refractivity contribution in [1.82, 2.24) is 37.5 Å². The van der Waals surface area contributed by atoms with E-state index in [0.29, 0.717) is 11.6 Å². The molecule has 9 heterocycles. The van der Waals surface area contributed by atoms with Gasteiger partial charge < -0.3 is 8.80 Å². The minimum absolute atomic E-state index is 0.630. The third-order valence-electron chi connectivity index (χ3n) is 10.4. The Kier molecular flexibility index (Phi) is 4.51. The molecule has 0 saturated carbocycles. The molecule has 0 saturated heterocycles. The van der Waals surface area contributed by atoms with Crippen LogP contribution in [0.2, 0.25) is 0 Å². The number of fused-ring (bicyclic) bond motifs is 8. The van der Waals surface area contributed by atoms with Gasteiger partial charge in [0.2, 0.25) is 11.6 Å². The molecule has 0 radical (unpaired) electrons. The van der Waals surface area contributed by atoms with Crippen LogP contribution in [0.3, 0.4) is 0 Å². The van der Waals surface area contributed by atoms with Crippen molar-refractivity contribution in [2.45, 2.75) is 0 Å². The molecule has 9 aromatic heterocycles. The fraction of sp³-hybridized carbons (Fsp3) is 0. The summed E-state index contributed by atoms with van der Waals surface area (Å²) in [5, 5.41) is 6.81. The molecule has 13 rings (SSSR count). The molecule has 50 heavy (non-hydrogen) atoms. The molecule has 232 valence electrons. The number of hydrogen-bond donors (Lipinski definition) is 0. The molecule has 0 spiro atoms. The topological polar surface area (TPSA) is 69.2 Å². The maximum atomic E-state index is 5.27. The monoisotopic (exact) mass is 676 g/mol. The quantitative estimate of drug-likeness (QED) is 0.160. The molecule has 0 aliphatic carbocycles. The molecular weight excluding hydrogens is 657 g/mol. The molecule has 0 atom stereocenters. The van der Waals surface area contributed by atoms with Gasteiger partial charge in [0.25, 0.3) is 0 Å². The summed E-state index contributed by atoms with van der Waals surface area (Å²) in [4.78, 5) is 20.4. The van der Waals surface area contributed by atoms with Crippen LogP contribution in [0.1, 0.15) is 0 Å². The van der Waals surface area contributed by atoms with Gasteiger partial charge in [-0.25, -0.2) is 19.9 Å². The Balaban J connectivity index is 1.32. The van der Waals surface area contributed by atoms with Crippen LogP contribution < -0.4 is 0 Å². The van der Waals surface area contributed by atoms with E-state index in [1.54, 1.807) is 22.7 Å². The second-order valence-corrected chi connectivity index (χ2v) is 15.1. The lowest BCUT2D eigenvalue weighted by atomic mass is 10.2. The van der Waals surface area contributed by atoms with Gasteiger partial charge in [0.1, 0.15) is 0 Å². The van der Waals surface area contributed by atoms with Gasteiger partial charge in [-0.2, -0.15) is 0 Å². The molecule has 0 aliphatic rings. The first kappa shape index (κ1) is 25.6. The highest BCUT2D eigenvalue weighted by molar-refractivity contribution is 7.26. The minimum atomic E-state index is 0.630. The number of benzene rings is 4. The first-order valence-electron chi connectivity index (χ1n) is 16.4. The molecule has 8 bridgehead atoms. The summed E-state index contributed by atoms with van der Waals surface area (Å²) in [6, 6.07) is 30.9. The van der Waals surface area contributed by atoms with Crippen molar-refractivity contribution in [3.8, 4) is 0 Å². The van der Waals surface area contributed by atoms with E-state index in [1.165, 1.54) is 31.2 Å². The zero-order valence-corrected chi connectivity index (χ0v) is 27.6. The van der Waals surface area contributed by atoms with E-state index in [9.17, 15) is 0 Å². The lowest BCUT2D eigenvalue weighted by molar-refractivity contribution is 1.12. The summed E-state index contributed by atoms with van der Waals surface area (Å²) in [6.07, 6.45) is 12.4. The highest BCUT2D eigenvalue weighted by atomic mass is 32.1. The number of aromatic nitrogens is 8. The Morgan fingerprint density at radius 3 is 1.24 bits per heavy atom. The molecule has 8 nitrogen and oxygen atoms in total. The lowest BCUT2D eigenvalue weighted by Crippen LogP contribution is -1.94. The van der Waals surface area contributed by atoms with Crippen LogP contribution in [-0.2, 0) is 0 Å². The van der Waals surface area contributed by atoms with Gasteiger partial charge in [0, 0.05) is 77.5 Å². The van der Waals surface area contributed by atoms with Crippen LogP contribution in [0.5, 0.6) is 0 Å². The van der Waals surface area contributed by atoms with E-state index < -0.39 is 0 Å². The van der Waals surface area contributed by atoms with Crippen LogP contribution in [0, 0.1) is 0 Å². The zero-order chi connectivity index (χ0) is 32.2. The molecular formula is C40H20N8S2. The number of thiophene rings is 2. The van der Waals surface area contributed by atoms with Crippen LogP contribution in [0.4, 0.5) is 0 Å². The zero-order valence-electron chi connectivity index (χ0n) is 25.9. The standard InChI is InChI=1S/C40H20N8S2/c1-2-22-10-14-46-26-6-8-30-28(18-26)34-32(50-30)20-42-40(44-34)48-16-12-24-4-3-23-11-15-47(37(23)38(24)48)39-41-19-31-33(43-39)27-17-25(5-7-29(27)49-31)45-13-9-21(1)35(45)36(22)46/h1-20H. The Hall–Kier alpha value is -6.36. The predicted octanol–water partition coefficient (Wildman–Crippen LogP) is 10.2. The van der Waals surface area contributed by atoms with E-state index in [0.717, 1.165) is 64.0 Å². The fourth-order valence-electron chi connectivity index (χ4n) is 8.06. The van der Waals surface area contributed by atoms with E-state index >= 15 is 0 Å². The van der Waals surface area contributed by atoms with Crippen molar-refractivity contribution in [3.63, 3.8) is 0 Å². The van der Waals surface area contributed by atoms with Crippen molar-refractivity contribution in [2.75, 3.05) is 0 Å². The van der Waals surface area contributed by atoms with Crippen molar-refractivity contribution < 1.29 is 0 Å². The van der Waals surface area contributed by atoms with Crippen LogP contribution in [-0.4, -0.2) is 37.5 Å². The van der Waals surface area contributed by atoms with Crippen molar-refractivity contribution in [1.29, 1.82) is 0 Å². The second kappa shape index (κ2) is 8.80. The lowest BCUT2D eigenvalue weighted by Gasteiger charge is -2.04. The van der Waals surface area contributed by atoms with Crippen molar-refractivity contribution >= 4 is 129 Å². The van der Waals surface area contributed by atoms with E-state index in [-0.39, 0.29) is 0 Å². The maximum Gasteiger partial charge on any atom is 0.234 e. The Morgan fingerprint density at radius 1 is 0.400 bits per heavy atom. The fourth-order valence-corrected chi connectivity index (χ4v) is 10.1. The van der Waals surface area contributed by atoms with Crippen LogP contribution in [0.25, 0.3) is 107 Å². The molecule has 13 aromatic rings. The summed E-state index contributed by atoms with van der Waals surface area (Å²) in [7, 11) is 0. The molecule has 0 amide bonds. The van der Waals surface area contributed by atoms with Gasteiger partial charge in [-0.15, -0.1) is 22.7 Å². The van der Waals surface area contributed by atoms with Gasteiger partial charge in [-0.3, -0.25) is 8.80 Å². The molecule has 0 unspecified atom stereocenters. The van der Waals surface area contributed by atoms with Gasteiger partial charge in [0.15, 0.2) is 0 Å². The molecule has 4 aromatic carbocycles. The highest BCUT2D eigenvalue weighted by Crippen LogP contribution is 2.37. The molecule has 0 aliphatic heterocycles. The summed E-state index contributed by atoms with van der Waals surface area (Å²) in [5.74, 6) is 1.26. The molecule has 10 heteroatoms. The third-order valence-corrected chi connectivity index (χ3v) is 12.5. The van der Waals surface area contributed by atoms with E-state index in [2.05, 4.69) is 127 Å². The Morgan fingerprint density at radius 2 is 0.800 bits per heavy atom. The molecule has 0 N–H and O–H groups in total. The van der Waals surface area contributed by atoms with Crippen LogP contribution in [0.15, 0.2) is 122 Å². The SMILES string of the molecule is c1cc2ccn3c4ccc5sc6cnc(nc6c5c4)n4ccc5ccc6ccn(c7ncc8sc9ccc(cc9c8n7)n7ccc1c7c23)c6c54. The average Bonchev–Trinajstić information content (AvgIpc) is 4.00. The van der Waals surface area contributed by atoms with Gasteiger partial charge in [0.05, 0.1) is 54.9 Å². The first-order chi connectivity index (χ1) is 24.7. The number of hydrogen-bond acceptors (Lipinski definition) is 6. The Labute approximate surface area is 288 Å². The van der Waals surface area contributed by atoms with Crippen molar-refractivity contribution in [2.24, 2.45) is 0 Å². The highest BCUT2D eigenvalue weighted by Gasteiger charge is 2.16. The maximum absolute atomic E-state index is 5.27. The van der Waals surface area contributed by atoms with Gasteiger partial charge in [-0.1, -0.05) is 24.3 Å². The van der Waals surface area contributed by atoms with E-state index in [4.69, 9.17) is 19.9 Å². The smallest absolute Gasteiger partial charge is 0.234 e. The summed E-state index contributed by atoms with van der Waals surface area (Å²) < 4.78 is 13.3. The predicted molar refractivity (Wildman–Crippen MR) is 206 cm³/mol. The van der Waals surface area contributed by atoms with Crippen molar-refractivity contribution in [3.05, 3.63) is 122 Å². The summed E-state index contributed by atoms with van der Waals surface area (Å²) >= 11 is 3.46. The van der Waals surface area contributed by atoms with Gasteiger partial charge in [-0.05, 0) is 60.7 Å². The first-order valence-corrected chi connectivity index (χ1v) is 18.0. The largest absolute Gasteiger partial charge is 0.315 e. The van der Waals surface area contributed by atoms with Gasteiger partial charge >= 0.3 is 0 Å². The third kappa shape index (κ3) is 3.16. The average molecular weight is 677 g/mol. The number of rotatable bonds is 0. The van der Waals surface area contributed by atoms with E-state index in [1.807, 2.05) is 12.4 Å². The minimum Gasteiger partial charge on any atom is -0.315 e. The summed E-state index contributed by atoms with van der Waals surface area (Å²) in [5.41, 5.74) is 8.46. The number of nitrogens with zero attached hydrogens (tertiary/aromatic N) is 8. The second-order valence-electron chi connectivity index (χ2n) is 13.0.